The first-order valence-electron chi connectivity index (χ1n) is 5.42. The number of halogens is 3. The summed E-state index contributed by atoms with van der Waals surface area (Å²) in [5.41, 5.74) is 1.05. The molecule has 1 aromatic rings. The molecule has 0 bridgehead atoms. The van der Waals surface area contributed by atoms with Crippen LogP contribution in [-0.2, 0) is 6.54 Å². The lowest BCUT2D eigenvalue weighted by molar-refractivity contribution is 0.611. The summed E-state index contributed by atoms with van der Waals surface area (Å²) in [4.78, 5) is 0. The van der Waals surface area contributed by atoms with Gasteiger partial charge >= 0.3 is 0 Å². The van der Waals surface area contributed by atoms with Gasteiger partial charge in [-0.15, -0.1) is 11.6 Å². The molecule has 1 rings (SSSR count). The minimum Gasteiger partial charge on any atom is -0.311 e. The van der Waals surface area contributed by atoms with Crippen LogP contribution in [0.5, 0.6) is 0 Å². The highest BCUT2D eigenvalue weighted by molar-refractivity contribution is 9.10. The minimum atomic E-state index is -0.232. The van der Waals surface area contributed by atoms with Crippen molar-refractivity contribution in [3.05, 3.63) is 34.1 Å². The van der Waals surface area contributed by atoms with Crippen LogP contribution in [0.1, 0.15) is 25.3 Å². The first kappa shape index (κ1) is 13.9. The average Bonchev–Trinajstić information content (AvgIpc) is 2.24. The molecule has 0 amide bonds. The van der Waals surface area contributed by atoms with E-state index in [4.69, 9.17) is 11.6 Å². The van der Waals surface area contributed by atoms with Gasteiger partial charge in [-0.1, -0.05) is 19.4 Å². The second kappa shape index (κ2) is 7.25. The molecule has 0 heterocycles. The molecule has 1 unspecified atom stereocenters. The molecule has 0 aliphatic rings. The van der Waals surface area contributed by atoms with E-state index in [-0.39, 0.29) is 11.2 Å². The molecule has 16 heavy (non-hydrogen) atoms. The lowest BCUT2D eigenvalue weighted by atomic mass is 10.2. The average molecular weight is 309 g/mol. The van der Waals surface area contributed by atoms with Crippen molar-refractivity contribution >= 4 is 27.5 Å². The van der Waals surface area contributed by atoms with Gasteiger partial charge in [0.15, 0.2) is 0 Å². The van der Waals surface area contributed by atoms with Crippen LogP contribution < -0.4 is 5.32 Å². The summed E-state index contributed by atoms with van der Waals surface area (Å²) in [5.74, 6) is -0.232. The van der Waals surface area contributed by atoms with Gasteiger partial charge < -0.3 is 5.32 Å². The molecule has 1 atom stereocenters. The first-order chi connectivity index (χ1) is 7.63. The Kier molecular flexibility index (Phi) is 6.32. The van der Waals surface area contributed by atoms with Crippen molar-refractivity contribution in [2.45, 2.75) is 31.7 Å². The van der Waals surface area contributed by atoms with Crippen LogP contribution >= 0.6 is 27.5 Å². The normalized spacial score (nSPS) is 12.8. The van der Waals surface area contributed by atoms with E-state index in [1.165, 1.54) is 6.07 Å². The fourth-order valence-electron chi connectivity index (χ4n) is 1.44. The zero-order valence-electron chi connectivity index (χ0n) is 9.27. The van der Waals surface area contributed by atoms with E-state index >= 15 is 0 Å². The summed E-state index contributed by atoms with van der Waals surface area (Å²) in [6.07, 6.45) is 2.11. The van der Waals surface area contributed by atoms with Crippen LogP contribution in [0.15, 0.2) is 22.7 Å². The van der Waals surface area contributed by atoms with Crippen LogP contribution in [0.3, 0.4) is 0 Å². The number of hydrogen-bond donors (Lipinski definition) is 1. The first-order valence-corrected chi connectivity index (χ1v) is 6.65. The molecule has 4 heteroatoms. The van der Waals surface area contributed by atoms with Crippen LogP contribution in [0.2, 0.25) is 0 Å². The monoisotopic (exact) mass is 307 g/mol. The van der Waals surface area contributed by atoms with Gasteiger partial charge in [0.05, 0.1) is 4.47 Å². The fourth-order valence-corrected chi connectivity index (χ4v) is 2.19. The summed E-state index contributed by atoms with van der Waals surface area (Å²) in [6, 6.07) is 5.02. The molecule has 0 aliphatic heterocycles. The molecule has 0 radical (unpaired) electrons. The highest BCUT2D eigenvalue weighted by Gasteiger charge is 2.03. The van der Waals surface area contributed by atoms with E-state index in [2.05, 4.69) is 28.2 Å². The van der Waals surface area contributed by atoms with Crippen LogP contribution in [0, 0.1) is 5.82 Å². The summed E-state index contributed by atoms with van der Waals surface area (Å²) >= 11 is 9.23. The van der Waals surface area contributed by atoms with Crippen molar-refractivity contribution in [3.8, 4) is 0 Å². The van der Waals surface area contributed by atoms with Crippen LogP contribution in [0.4, 0.5) is 4.39 Å². The molecule has 1 N–H and O–H groups in total. The van der Waals surface area contributed by atoms with Crippen molar-refractivity contribution in [2.75, 3.05) is 6.54 Å². The Hall–Kier alpha value is -0.120. The van der Waals surface area contributed by atoms with Crippen LogP contribution in [0.25, 0.3) is 0 Å². The molecule has 0 saturated heterocycles. The molecular weight excluding hydrogens is 292 g/mol. The summed E-state index contributed by atoms with van der Waals surface area (Å²) in [5, 5.41) is 3.43. The zero-order valence-corrected chi connectivity index (χ0v) is 11.6. The molecule has 1 aromatic carbocycles. The molecule has 1 nitrogen and oxygen atoms in total. The maximum absolute atomic E-state index is 13.0. The van der Waals surface area contributed by atoms with E-state index in [9.17, 15) is 4.39 Å². The SMILES string of the molecule is CCCC(Cl)CNCc1ccc(F)c(Br)c1. The summed E-state index contributed by atoms with van der Waals surface area (Å²) in [6.45, 7) is 3.61. The number of hydrogen-bond acceptors (Lipinski definition) is 1. The fraction of sp³-hybridized carbons (Fsp3) is 0.500. The molecule has 0 saturated carbocycles. The zero-order chi connectivity index (χ0) is 12.0. The number of alkyl halides is 1. The summed E-state index contributed by atoms with van der Waals surface area (Å²) < 4.78 is 13.5. The number of rotatable bonds is 6. The van der Waals surface area contributed by atoms with E-state index < -0.39 is 0 Å². The lowest BCUT2D eigenvalue weighted by Crippen LogP contribution is -2.22. The van der Waals surface area contributed by atoms with Gasteiger partial charge in [-0.05, 0) is 40.0 Å². The van der Waals surface area contributed by atoms with Gasteiger partial charge in [0, 0.05) is 18.5 Å². The maximum Gasteiger partial charge on any atom is 0.137 e. The second-order valence-corrected chi connectivity index (χ2v) is 5.24. The Morgan fingerprint density at radius 1 is 1.50 bits per heavy atom. The Labute approximate surface area is 110 Å². The Morgan fingerprint density at radius 3 is 2.88 bits per heavy atom. The van der Waals surface area contributed by atoms with Gasteiger partial charge in [0.2, 0.25) is 0 Å². The van der Waals surface area contributed by atoms with Gasteiger partial charge in [0.1, 0.15) is 5.82 Å². The van der Waals surface area contributed by atoms with Crippen LogP contribution in [-0.4, -0.2) is 11.9 Å². The van der Waals surface area contributed by atoms with E-state index in [1.807, 2.05) is 0 Å². The number of benzene rings is 1. The van der Waals surface area contributed by atoms with Gasteiger partial charge in [0.25, 0.3) is 0 Å². The molecule has 0 aliphatic carbocycles. The molecule has 0 fully saturated rings. The van der Waals surface area contributed by atoms with Gasteiger partial charge in [-0.25, -0.2) is 4.39 Å². The topological polar surface area (TPSA) is 12.0 Å². The van der Waals surface area contributed by atoms with E-state index in [1.54, 1.807) is 12.1 Å². The van der Waals surface area contributed by atoms with E-state index in [0.717, 1.165) is 24.9 Å². The van der Waals surface area contributed by atoms with E-state index in [0.29, 0.717) is 11.0 Å². The lowest BCUT2D eigenvalue weighted by Gasteiger charge is -2.09. The third kappa shape index (κ3) is 4.81. The third-order valence-electron chi connectivity index (χ3n) is 2.28. The highest BCUT2D eigenvalue weighted by atomic mass is 79.9. The molecule has 90 valence electrons. The van der Waals surface area contributed by atoms with Gasteiger partial charge in [-0.2, -0.15) is 0 Å². The summed E-state index contributed by atoms with van der Waals surface area (Å²) in [7, 11) is 0. The van der Waals surface area contributed by atoms with Crippen molar-refractivity contribution in [1.29, 1.82) is 0 Å². The number of nitrogens with one attached hydrogen (secondary N) is 1. The van der Waals surface area contributed by atoms with Crippen molar-refractivity contribution in [3.63, 3.8) is 0 Å². The highest BCUT2D eigenvalue weighted by Crippen LogP contribution is 2.16. The minimum absolute atomic E-state index is 0.175. The molecular formula is C12H16BrClFN. The Balaban J connectivity index is 2.34. The van der Waals surface area contributed by atoms with Crippen molar-refractivity contribution < 1.29 is 4.39 Å². The largest absolute Gasteiger partial charge is 0.311 e. The van der Waals surface area contributed by atoms with Crippen molar-refractivity contribution in [1.82, 2.24) is 5.32 Å². The third-order valence-corrected chi connectivity index (χ3v) is 3.26. The maximum atomic E-state index is 13.0. The Bertz CT molecular complexity index is 333. The van der Waals surface area contributed by atoms with Crippen molar-refractivity contribution in [2.24, 2.45) is 0 Å². The quantitative estimate of drug-likeness (QED) is 0.781. The second-order valence-electron chi connectivity index (χ2n) is 3.77. The molecule has 0 spiro atoms. The molecule has 0 aromatic heterocycles. The predicted octanol–water partition coefficient (Wildman–Crippen LogP) is 4.09. The standard InChI is InChI=1S/C12H16BrClFN/c1-2-3-10(14)8-16-7-9-4-5-12(15)11(13)6-9/h4-6,10,16H,2-3,7-8H2,1H3. The Morgan fingerprint density at radius 2 is 2.25 bits per heavy atom. The van der Waals surface area contributed by atoms with Gasteiger partial charge in [-0.3, -0.25) is 0 Å². The predicted molar refractivity (Wildman–Crippen MR) is 70.4 cm³/mol. The smallest absolute Gasteiger partial charge is 0.137 e.